The molecule has 2 aromatic heterocycles. The molecule has 3 fully saturated rings. The van der Waals surface area contributed by atoms with Crippen molar-refractivity contribution < 1.29 is 19.4 Å². The van der Waals surface area contributed by atoms with Crippen LogP contribution in [0.4, 0.5) is 5.69 Å². The van der Waals surface area contributed by atoms with Gasteiger partial charge in [-0.15, -0.1) is 0 Å². The van der Waals surface area contributed by atoms with E-state index in [1.807, 2.05) is 30.9 Å². The molecule has 0 spiro atoms. The molecule has 12 heteroatoms. The Morgan fingerprint density at radius 1 is 1.10 bits per heavy atom. The van der Waals surface area contributed by atoms with Crippen molar-refractivity contribution in [2.45, 2.75) is 57.2 Å². The van der Waals surface area contributed by atoms with Crippen LogP contribution in [-0.4, -0.2) is 96.6 Å². The van der Waals surface area contributed by atoms with Crippen LogP contribution in [0.25, 0.3) is 16.7 Å². The van der Waals surface area contributed by atoms with Crippen molar-refractivity contribution in [1.29, 1.82) is 0 Å². The average molecular weight is 564 g/mol. The van der Waals surface area contributed by atoms with Crippen LogP contribution in [0.5, 0.6) is 0 Å². The minimum Gasteiger partial charge on any atom is -0.388 e. The predicted molar refractivity (Wildman–Crippen MR) is 152 cm³/mol. The Bertz CT molecular complexity index is 1490. The lowest BCUT2D eigenvalue weighted by Crippen LogP contribution is -2.56. The van der Waals surface area contributed by atoms with Crippen LogP contribution in [0.15, 0.2) is 41.6 Å². The molecule has 1 aliphatic carbocycles. The largest absolute Gasteiger partial charge is 0.388 e. The number of likely N-dealkylation sites (tertiary alicyclic amines) is 1. The number of carbonyl (C=O) groups is 2. The number of amides is 2. The van der Waals surface area contributed by atoms with Gasteiger partial charge in [-0.3, -0.25) is 23.9 Å². The molecule has 12 nitrogen and oxygen atoms in total. The Kier molecular flexibility index (Phi) is 7.16. The minimum atomic E-state index is -1.08. The van der Waals surface area contributed by atoms with Crippen LogP contribution in [0.1, 0.15) is 39.5 Å². The Hall–Kier alpha value is -3.61. The molecule has 3 aromatic rings. The van der Waals surface area contributed by atoms with Crippen LogP contribution in [0.2, 0.25) is 0 Å². The summed E-state index contributed by atoms with van der Waals surface area (Å²) in [5.41, 5.74) is -0.269. The van der Waals surface area contributed by atoms with Gasteiger partial charge in [-0.05, 0) is 63.8 Å². The number of nitrogens with zero attached hydrogens (tertiary/aromatic N) is 6. The fourth-order valence-electron chi connectivity index (χ4n) is 5.69. The van der Waals surface area contributed by atoms with E-state index in [4.69, 9.17) is 4.74 Å². The van der Waals surface area contributed by atoms with Crippen LogP contribution in [0.3, 0.4) is 0 Å². The molecule has 218 valence electrons. The van der Waals surface area contributed by atoms with Gasteiger partial charge in [-0.25, -0.2) is 9.67 Å². The van der Waals surface area contributed by atoms with Gasteiger partial charge in [0.2, 0.25) is 11.8 Å². The summed E-state index contributed by atoms with van der Waals surface area (Å²) in [7, 11) is 0. The normalized spacial score (nSPS) is 19.8. The summed E-state index contributed by atoms with van der Waals surface area (Å²) in [4.78, 5) is 47.2. The van der Waals surface area contributed by atoms with E-state index in [1.165, 1.54) is 17.1 Å². The van der Waals surface area contributed by atoms with E-state index in [0.29, 0.717) is 74.6 Å². The number of hydrogen-bond acceptors (Lipinski definition) is 8. The first-order chi connectivity index (χ1) is 19.6. The molecule has 2 saturated heterocycles. The standard InChI is InChI=1S/C29H37N7O5/c1-28(2,35-13-15-41-16-14-35)27(39)32-21-5-7-22(8-6-21)36-24-23(17-31-36)26(38)34(19-30-24)18-29(40)9-11-33(12-10-29)25(37)20-3-4-20/h5-8,17,19-20,40H,3-4,9-16,18H2,1-2H3,(H,32,39). The van der Waals surface area contributed by atoms with Crippen molar-refractivity contribution >= 4 is 28.5 Å². The van der Waals surface area contributed by atoms with Crippen LogP contribution in [0, 0.1) is 5.92 Å². The first-order valence-corrected chi connectivity index (χ1v) is 14.3. The van der Waals surface area contributed by atoms with E-state index >= 15 is 0 Å². The van der Waals surface area contributed by atoms with Crippen molar-refractivity contribution in [2.75, 3.05) is 44.7 Å². The number of anilines is 1. The molecule has 2 aliphatic heterocycles. The molecule has 1 saturated carbocycles. The van der Waals surface area contributed by atoms with Crippen molar-refractivity contribution in [3.8, 4) is 5.69 Å². The Labute approximate surface area is 237 Å². The highest BCUT2D eigenvalue weighted by Gasteiger charge is 2.39. The van der Waals surface area contributed by atoms with Crippen LogP contribution in [-0.2, 0) is 20.9 Å². The molecular weight excluding hydrogens is 526 g/mol. The van der Waals surface area contributed by atoms with Crippen LogP contribution < -0.4 is 10.9 Å². The first-order valence-electron chi connectivity index (χ1n) is 14.3. The van der Waals surface area contributed by atoms with Gasteiger partial charge in [0.25, 0.3) is 5.56 Å². The molecule has 3 aliphatic rings. The van der Waals surface area contributed by atoms with E-state index in [1.54, 1.807) is 16.8 Å². The molecule has 0 radical (unpaired) electrons. The predicted octanol–water partition coefficient (Wildman–Crippen LogP) is 1.39. The van der Waals surface area contributed by atoms with Gasteiger partial charge < -0.3 is 20.1 Å². The number of carbonyl (C=O) groups excluding carboxylic acids is 2. The molecule has 4 heterocycles. The first kappa shape index (κ1) is 27.6. The summed E-state index contributed by atoms with van der Waals surface area (Å²) in [6.07, 6.45) is 5.70. The molecule has 0 unspecified atom stereocenters. The second-order valence-electron chi connectivity index (χ2n) is 12.0. The summed E-state index contributed by atoms with van der Waals surface area (Å²) < 4.78 is 8.43. The summed E-state index contributed by atoms with van der Waals surface area (Å²) in [5.74, 6) is 0.252. The van der Waals surface area contributed by atoms with E-state index in [0.717, 1.165) is 12.8 Å². The zero-order valence-corrected chi connectivity index (χ0v) is 23.6. The molecule has 0 atom stereocenters. The summed E-state index contributed by atoms with van der Waals surface area (Å²) in [5, 5.41) is 18.9. The molecule has 1 aromatic carbocycles. The van der Waals surface area contributed by atoms with Gasteiger partial charge in [0.1, 0.15) is 11.7 Å². The highest BCUT2D eigenvalue weighted by atomic mass is 16.5. The van der Waals surface area contributed by atoms with E-state index in [-0.39, 0.29) is 29.8 Å². The van der Waals surface area contributed by atoms with Gasteiger partial charge in [0.15, 0.2) is 5.65 Å². The van der Waals surface area contributed by atoms with Gasteiger partial charge in [-0.2, -0.15) is 5.10 Å². The SMILES string of the molecule is CC(C)(C(=O)Nc1ccc(-n2ncc3c(=O)n(CC4(O)CCN(C(=O)C5CC5)CC4)cnc32)cc1)N1CCOCC1. The Morgan fingerprint density at radius 2 is 1.78 bits per heavy atom. The van der Waals surface area contributed by atoms with Crippen molar-refractivity contribution in [2.24, 2.45) is 5.92 Å². The third-order valence-electron chi connectivity index (χ3n) is 8.68. The lowest BCUT2D eigenvalue weighted by Gasteiger charge is -2.39. The number of nitrogens with one attached hydrogen (secondary N) is 1. The quantitative estimate of drug-likeness (QED) is 0.441. The number of hydrogen-bond donors (Lipinski definition) is 2. The van der Waals surface area contributed by atoms with Crippen LogP contribution >= 0.6 is 0 Å². The molecule has 2 N–H and O–H groups in total. The molecule has 41 heavy (non-hydrogen) atoms. The van der Waals surface area contributed by atoms with E-state index in [9.17, 15) is 19.5 Å². The van der Waals surface area contributed by atoms with Crippen molar-refractivity contribution in [1.82, 2.24) is 29.1 Å². The number of rotatable bonds is 7. The van der Waals surface area contributed by atoms with Gasteiger partial charge >= 0.3 is 0 Å². The fraction of sp³-hybridized carbons (Fsp3) is 0.552. The smallest absolute Gasteiger partial charge is 0.264 e. The fourth-order valence-corrected chi connectivity index (χ4v) is 5.69. The second-order valence-corrected chi connectivity index (χ2v) is 12.0. The number of aromatic nitrogens is 4. The maximum absolute atomic E-state index is 13.3. The monoisotopic (exact) mass is 563 g/mol. The molecule has 0 bridgehead atoms. The lowest BCUT2D eigenvalue weighted by molar-refractivity contribution is -0.137. The summed E-state index contributed by atoms with van der Waals surface area (Å²) in [6, 6.07) is 7.23. The Morgan fingerprint density at radius 3 is 2.44 bits per heavy atom. The third kappa shape index (κ3) is 5.51. The summed E-state index contributed by atoms with van der Waals surface area (Å²) in [6.45, 7) is 7.57. The number of fused-ring (bicyclic) bond motifs is 1. The van der Waals surface area contributed by atoms with E-state index in [2.05, 4.69) is 20.3 Å². The average Bonchev–Trinajstić information content (AvgIpc) is 3.74. The number of benzene rings is 1. The maximum atomic E-state index is 13.3. The van der Waals surface area contributed by atoms with E-state index < -0.39 is 11.1 Å². The topological polar surface area (TPSA) is 135 Å². The van der Waals surface area contributed by atoms with Gasteiger partial charge in [-0.1, -0.05) is 0 Å². The molecule has 6 rings (SSSR count). The number of morpholine rings is 1. The van der Waals surface area contributed by atoms with Crippen molar-refractivity contribution in [3.63, 3.8) is 0 Å². The second kappa shape index (κ2) is 10.7. The molecule has 2 amide bonds. The lowest BCUT2D eigenvalue weighted by atomic mass is 9.91. The summed E-state index contributed by atoms with van der Waals surface area (Å²) >= 11 is 0. The highest BCUT2D eigenvalue weighted by Crippen LogP contribution is 2.33. The minimum absolute atomic E-state index is 0.0965. The Balaban J connectivity index is 1.13. The third-order valence-corrected chi connectivity index (χ3v) is 8.68. The zero-order valence-electron chi connectivity index (χ0n) is 23.6. The molecular formula is C29H37N7O5. The number of piperidine rings is 1. The highest BCUT2D eigenvalue weighted by molar-refractivity contribution is 5.97. The van der Waals surface area contributed by atoms with Crippen molar-refractivity contribution in [3.05, 3.63) is 47.1 Å². The number of aliphatic hydroxyl groups is 1. The van der Waals surface area contributed by atoms with Gasteiger partial charge in [0, 0.05) is 37.8 Å². The maximum Gasteiger partial charge on any atom is 0.264 e. The van der Waals surface area contributed by atoms with Gasteiger partial charge in [0.05, 0.1) is 42.8 Å². The number of ether oxygens (including phenoxy) is 1. The zero-order chi connectivity index (χ0) is 28.8.